The first-order chi connectivity index (χ1) is 8.25. The predicted octanol–water partition coefficient (Wildman–Crippen LogP) is 2.90. The van der Waals surface area contributed by atoms with Crippen LogP contribution >= 0.6 is 15.9 Å². The minimum Gasteiger partial charge on any atom is -0.380 e. The van der Waals surface area contributed by atoms with E-state index >= 15 is 0 Å². The van der Waals surface area contributed by atoms with Crippen LogP contribution in [0.3, 0.4) is 0 Å². The van der Waals surface area contributed by atoms with E-state index in [0.29, 0.717) is 11.1 Å². The Morgan fingerprint density at radius 1 is 1.35 bits per heavy atom. The van der Waals surface area contributed by atoms with Crippen LogP contribution in [0.5, 0.6) is 0 Å². The molecule has 2 rings (SSSR count). The minimum absolute atomic E-state index is 0.219. The number of benzene rings is 1. The van der Waals surface area contributed by atoms with E-state index < -0.39 is 0 Å². The van der Waals surface area contributed by atoms with E-state index in [0.717, 1.165) is 31.2 Å². The molecule has 0 spiro atoms. The van der Waals surface area contributed by atoms with Crippen LogP contribution in [0.15, 0.2) is 22.7 Å². The van der Waals surface area contributed by atoms with Crippen LogP contribution in [-0.2, 0) is 11.2 Å². The van der Waals surface area contributed by atoms with E-state index in [9.17, 15) is 4.39 Å². The van der Waals surface area contributed by atoms with E-state index in [-0.39, 0.29) is 5.82 Å². The number of hydrogen-bond acceptors (Lipinski definition) is 2. The van der Waals surface area contributed by atoms with E-state index in [2.05, 4.69) is 21.2 Å². The van der Waals surface area contributed by atoms with Crippen LogP contribution in [0.2, 0.25) is 0 Å². The minimum atomic E-state index is -0.219. The molecule has 0 radical (unpaired) electrons. The number of nitrogens with one attached hydrogen (secondary N) is 1. The first-order valence-electron chi connectivity index (χ1n) is 6.01. The predicted molar refractivity (Wildman–Crippen MR) is 69.6 cm³/mol. The molecule has 0 aromatic heterocycles. The summed E-state index contributed by atoms with van der Waals surface area (Å²) in [6.07, 6.45) is 3.44. The van der Waals surface area contributed by atoms with Crippen LogP contribution in [-0.4, -0.2) is 25.8 Å². The van der Waals surface area contributed by atoms with Gasteiger partial charge in [0.05, 0.1) is 17.7 Å². The topological polar surface area (TPSA) is 21.3 Å². The molecule has 94 valence electrons. The molecule has 0 unspecified atom stereocenters. The molecule has 0 amide bonds. The van der Waals surface area contributed by atoms with Crippen molar-refractivity contribution in [2.45, 2.75) is 25.3 Å². The lowest BCUT2D eigenvalue weighted by Gasteiger charge is -2.06. The summed E-state index contributed by atoms with van der Waals surface area (Å²) in [5, 5.41) is 3.39. The smallest absolute Gasteiger partial charge is 0.137 e. The molecule has 0 aliphatic heterocycles. The third kappa shape index (κ3) is 4.74. The Balaban J connectivity index is 1.58. The molecule has 0 bridgehead atoms. The van der Waals surface area contributed by atoms with E-state index in [1.54, 1.807) is 12.1 Å². The van der Waals surface area contributed by atoms with Crippen LogP contribution < -0.4 is 5.32 Å². The summed E-state index contributed by atoms with van der Waals surface area (Å²) in [5.41, 5.74) is 1.09. The maximum Gasteiger partial charge on any atom is 0.137 e. The molecule has 1 aliphatic rings. The molecule has 2 nitrogen and oxygen atoms in total. The summed E-state index contributed by atoms with van der Waals surface area (Å²) in [6.45, 7) is 2.36. The van der Waals surface area contributed by atoms with Gasteiger partial charge in [0, 0.05) is 12.6 Å². The third-order valence-corrected chi connectivity index (χ3v) is 3.38. The van der Waals surface area contributed by atoms with Gasteiger partial charge in [0.25, 0.3) is 0 Å². The summed E-state index contributed by atoms with van der Waals surface area (Å²) in [7, 11) is 0. The standard InChI is InChI=1S/C13H17BrFNO/c14-12-9-10(1-4-13(12)15)5-7-17-8-6-16-11-2-3-11/h1,4,9,11,16H,2-3,5-8H2. The molecule has 0 atom stereocenters. The molecule has 4 heteroatoms. The highest BCUT2D eigenvalue weighted by atomic mass is 79.9. The van der Waals surface area contributed by atoms with Crippen molar-refractivity contribution in [2.24, 2.45) is 0 Å². The maximum absolute atomic E-state index is 13.0. The fourth-order valence-electron chi connectivity index (χ4n) is 1.61. The molecular weight excluding hydrogens is 285 g/mol. The molecule has 1 aliphatic carbocycles. The zero-order valence-electron chi connectivity index (χ0n) is 9.72. The van der Waals surface area contributed by atoms with Gasteiger partial charge < -0.3 is 10.1 Å². The van der Waals surface area contributed by atoms with Gasteiger partial charge in [-0.15, -0.1) is 0 Å². The Hall–Kier alpha value is -0.450. The van der Waals surface area contributed by atoms with Gasteiger partial charge in [-0.1, -0.05) is 6.07 Å². The monoisotopic (exact) mass is 301 g/mol. The molecule has 1 N–H and O–H groups in total. The van der Waals surface area contributed by atoms with Crippen molar-refractivity contribution in [2.75, 3.05) is 19.8 Å². The van der Waals surface area contributed by atoms with Crippen LogP contribution in [0.4, 0.5) is 4.39 Å². The number of rotatable bonds is 7. The van der Waals surface area contributed by atoms with Gasteiger partial charge >= 0.3 is 0 Å². The summed E-state index contributed by atoms with van der Waals surface area (Å²) < 4.78 is 19.0. The second-order valence-electron chi connectivity index (χ2n) is 4.34. The second kappa shape index (κ2) is 6.47. The van der Waals surface area contributed by atoms with Crippen molar-refractivity contribution in [1.82, 2.24) is 5.32 Å². The number of halogens is 2. The van der Waals surface area contributed by atoms with Gasteiger partial charge in [0.1, 0.15) is 5.82 Å². The third-order valence-electron chi connectivity index (χ3n) is 2.78. The molecule has 17 heavy (non-hydrogen) atoms. The van der Waals surface area contributed by atoms with Gasteiger partial charge in [-0.05, 0) is 52.9 Å². The Kier molecular flexibility index (Phi) is 4.95. The van der Waals surface area contributed by atoms with Crippen LogP contribution in [0.1, 0.15) is 18.4 Å². The van der Waals surface area contributed by atoms with Crippen molar-refractivity contribution < 1.29 is 9.13 Å². The molecule has 0 saturated heterocycles. The number of ether oxygens (including phenoxy) is 1. The second-order valence-corrected chi connectivity index (χ2v) is 5.19. The quantitative estimate of drug-likeness (QED) is 0.782. The summed E-state index contributed by atoms with van der Waals surface area (Å²) in [6, 6.07) is 5.83. The molecular formula is C13H17BrFNO. The van der Waals surface area contributed by atoms with Crippen molar-refractivity contribution in [3.63, 3.8) is 0 Å². The molecule has 0 heterocycles. The van der Waals surface area contributed by atoms with Gasteiger partial charge in [-0.2, -0.15) is 0 Å². The van der Waals surface area contributed by atoms with Gasteiger partial charge in [-0.3, -0.25) is 0 Å². The Labute approximate surface area is 110 Å². The highest BCUT2D eigenvalue weighted by Crippen LogP contribution is 2.18. The fourth-order valence-corrected chi connectivity index (χ4v) is 2.04. The van der Waals surface area contributed by atoms with Gasteiger partial charge in [-0.25, -0.2) is 4.39 Å². The maximum atomic E-state index is 13.0. The lowest BCUT2D eigenvalue weighted by Crippen LogP contribution is -2.22. The SMILES string of the molecule is Fc1ccc(CCOCCNC2CC2)cc1Br. The lowest BCUT2D eigenvalue weighted by atomic mass is 10.2. The van der Waals surface area contributed by atoms with E-state index in [1.807, 2.05) is 0 Å². The molecule has 1 fully saturated rings. The van der Waals surface area contributed by atoms with Gasteiger partial charge in [0.2, 0.25) is 0 Å². The Morgan fingerprint density at radius 3 is 2.88 bits per heavy atom. The highest BCUT2D eigenvalue weighted by molar-refractivity contribution is 9.10. The molecule has 1 aromatic rings. The normalized spacial score (nSPS) is 15.2. The fraction of sp³-hybridized carbons (Fsp3) is 0.538. The van der Waals surface area contributed by atoms with Crippen LogP contribution in [0, 0.1) is 5.82 Å². The Morgan fingerprint density at radius 2 is 2.18 bits per heavy atom. The zero-order chi connectivity index (χ0) is 12.1. The first kappa shape index (κ1) is 13.0. The van der Waals surface area contributed by atoms with Crippen molar-refractivity contribution in [3.8, 4) is 0 Å². The lowest BCUT2D eigenvalue weighted by molar-refractivity contribution is 0.138. The summed E-state index contributed by atoms with van der Waals surface area (Å²) in [5.74, 6) is -0.219. The average Bonchev–Trinajstić information content (AvgIpc) is 3.12. The Bertz CT molecular complexity index is 368. The summed E-state index contributed by atoms with van der Waals surface area (Å²) in [4.78, 5) is 0. The van der Waals surface area contributed by atoms with Crippen LogP contribution in [0.25, 0.3) is 0 Å². The number of hydrogen-bond donors (Lipinski definition) is 1. The van der Waals surface area contributed by atoms with Crippen molar-refractivity contribution in [3.05, 3.63) is 34.1 Å². The first-order valence-corrected chi connectivity index (χ1v) is 6.80. The van der Waals surface area contributed by atoms with E-state index in [4.69, 9.17) is 4.74 Å². The van der Waals surface area contributed by atoms with Crippen molar-refractivity contribution >= 4 is 15.9 Å². The van der Waals surface area contributed by atoms with Gasteiger partial charge in [0.15, 0.2) is 0 Å². The van der Waals surface area contributed by atoms with Crippen molar-refractivity contribution in [1.29, 1.82) is 0 Å². The summed E-state index contributed by atoms with van der Waals surface area (Å²) >= 11 is 3.18. The highest BCUT2D eigenvalue weighted by Gasteiger charge is 2.19. The molecule has 1 aromatic carbocycles. The zero-order valence-corrected chi connectivity index (χ0v) is 11.3. The van der Waals surface area contributed by atoms with E-state index in [1.165, 1.54) is 18.9 Å². The largest absolute Gasteiger partial charge is 0.380 e. The average molecular weight is 302 g/mol. The molecule has 1 saturated carbocycles.